The van der Waals surface area contributed by atoms with E-state index in [1.165, 1.54) is 5.56 Å². The van der Waals surface area contributed by atoms with Gasteiger partial charge in [0, 0.05) is 29.8 Å². The van der Waals surface area contributed by atoms with Crippen LogP contribution in [0, 0.1) is 6.92 Å². The number of rotatable bonds is 6. The Balaban J connectivity index is 1.75. The van der Waals surface area contributed by atoms with Gasteiger partial charge in [0.05, 0.1) is 0 Å². The van der Waals surface area contributed by atoms with Crippen molar-refractivity contribution < 1.29 is 0 Å². The highest BCUT2D eigenvalue weighted by molar-refractivity contribution is 6.31. The first-order valence-corrected chi connectivity index (χ1v) is 7.33. The van der Waals surface area contributed by atoms with Gasteiger partial charge >= 0.3 is 0 Å². The molecule has 0 aliphatic rings. The molecule has 2 nitrogen and oxygen atoms in total. The van der Waals surface area contributed by atoms with E-state index in [1.54, 1.807) is 0 Å². The highest BCUT2D eigenvalue weighted by Gasteiger charge is 2.03. The molecule has 0 aromatic heterocycles. The normalized spacial score (nSPS) is 12.2. The lowest BCUT2D eigenvalue weighted by atomic mass is 10.1. The molecule has 0 fully saturated rings. The van der Waals surface area contributed by atoms with Gasteiger partial charge in [0.25, 0.3) is 0 Å². The fraction of sp³-hybridized carbons (Fsp3) is 0.294. The Kier molecular flexibility index (Phi) is 5.45. The number of hydrogen-bond donors (Lipinski definition) is 2. The van der Waals surface area contributed by atoms with Crippen LogP contribution in [0.25, 0.3) is 0 Å². The molecule has 0 radical (unpaired) electrons. The SMILES string of the molecule is Cc1ccc(NCCNC(C)c2ccccc2)cc1Cl. The van der Waals surface area contributed by atoms with E-state index in [0.717, 1.165) is 29.4 Å². The largest absolute Gasteiger partial charge is 0.384 e. The zero-order valence-corrected chi connectivity index (χ0v) is 12.7. The second-order valence-electron chi connectivity index (χ2n) is 4.98. The minimum absolute atomic E-state index is 0.361. The van der Waals surface area contributed by atoms with Crippen molar-refractivity contribution in [2.45, 2.75) is 19.9 Å². The molecule has 0 saturated carbocycles. The van der Waals surface area contributed by atoms with E-state index >= 15 is 0 Å². The van der Waals surface area contributed by atoms with Gasteiger partial charge in [-0.1, -0.05) is 48.0 Å². The molecule has 2 aromatic rings. The summed E-state index contributed by atoms with van der Waals surface area (Å²) in [5.41, 5.74) is 3.48. The second-order valence-corrected chi connectivity index (χ2v) is 5.38. The zero-order valence-electron chi connectivity index (χ0n) is 12.0. The van der Waals surface area contributed by atoms with Crippen LogP contribution in [0.1, 0.15) is 24.1 Å². The zero-order chi connectivity index (χ0) is 14.4. The topological polar surface area (TPSA) is 24.1 Å². The van der Waals surface area contributed by atoms with Crippen molar-refractivity contribution in [2.75, 3.05) is 18.4 Å². The van der Waals surface area contributed by atoms with Gasteiger partial charge in [-0.3, -0.25) is 0 Å². The first kappa shape index (κ1) is 14.9. The molecular weight excluding hydrogens is 268 g/mol. The summed E-state index contributed by atoms with van der Waals surface area (Å²) in [5.74, 6) is 0. The maximum absolute atomic E-state index is 6.10. The van der Waals surface area contributed by atoms with E-state index in [-0.39, 0.29) is 0 Å². The van der Waals surface area contributed by atoms with Gasteiger partial charge in [0.15, 0.2) is 0 Å². The average molecular weight is 289 g/mol. The minimum atomic E-state index is 0.361. The van der Waals surface area contributed by atoms with Crippen molar-refractivity contribution in [3.05, 3.63) is 64.7 Å². The predicted molar refractivity (Wildman–Crippen MR) is 87.5 cm³/mol. The molecule has 0 saturated heterocycles. The molecule has 0 bridgehead atoms. The predicted octanol–water partition coefficient (Wildman–Crippen LogP) is 4.41. The van der Waals surface area contributed by atoms with E-state index in [0.29, 0.717) is 6.04 Å². The summed E-state index contributed by atoms with van der Waals surface area (Å²) < 4.78 is 0. The van der Waals surface area contributed by atoms with Gasteiger partial charge in [-0.15, -0.1) is 0 Å². The third-order valence-corrected chi connectivity index (χ3v) is 3.78. The highest BCUT2D eigenvalue weighted by Crippen LogP contribution is 2.19. The van der Waals surface area contributed by atoms with E-state index in [2.05, 4.69) is 47.9 Å². The van der Waals surface area contributed by atoms with Crippen molar-refractivity contribution in [1.82, 2.24) is 5.32 Å². The molecule has 2 aromatic carbocycles. The number of aryl methyl sites for hydroxylation is 1. The highest BCUT2D eigenvalue weighted by atomic mass is 35.5. The monoisotopic (exact) mass is 288 g/mol. The van der Waals surface area contributed by atoms with Crippen LogP contribution in [0.2, 0.25) is 5.02 Å². The van der Waals surface area contributed by atoms with Gasteiger partial charge in [-0.25, -0.2) is 0 Å². The van der Waals surface area contributed by atoms with E-state index < -0.39 is 0 Å². The molecule has 0 spiro atoms. The van der Waals surface area contributed by atoms with Gasteiger partial charge in [0.2, 0.25) is 0 Å². The third kappa shape index (κ3) is 4.26. The van der Waals surface area contributed by atoms with Crippen LogP contribution in [-0.4, -0.2) is 13.1 Å². The van der Waals surface area contributed by atoms with Gasteiger partial charge in [0.1, 0.15) is 0 Å². The summed E-state index contributed by atoms with van der Waals surface area (Å²) in [7, 11) is 0. The molecular formula is C17H21ClN2. The lowest BCUT2D eigenvalue weighted by Gasteiger charge is -2.15. The first-order chi connectivity index (χ1) is 9.66. The van der Waals surface area contributed by atoms with Crippen LogP contribution in [0.3, 0.4) is 0 Å². The van der Waals surface area contributed by atoms with Crippen LogP contribution in [0.15, 0.2) is 48.5 Å². The Morgan fingerprint density at radius 3 is 2.50 bits per heavy atom. The summed E-state index contributed by atoms with van der Waals surface area (Å²) in [5, 5.41) is 7.68. The average Bonchev–Trinajstić information content (AvgIpc) is 2.48. The molecule has 0 amide bonds. The number of halogens is 1. The fourth-order valence-corrected chi connectivity index (χ4v) is 2.24. The van der Waals surface area contributed by atoms with Crippen LogP contribution in [0.4, 0.5) is 5.69 Å². The molecule has 2 N–H and O–H groups in total. The molecule has 1 unspecified atom stereocenters. The quantitative estimate of drug-likeness (QED) is 0.769. The Hall–Kier alpha value is -1.51. The van der Waals surface area contributed by atoms with Gasteiger partial charge in [-0.05, 0) is 37.1 Å². The molecule has 2 rings (SSSR count). The molecule has 1 atom stereocenters. The van der Waals surface area contributed by atoms with Crippen molar-refractivity contribution in [3.63, 3.8) is 0 Å². The molecule has 3 heteroatoms. The number of anilines is 1. The van der Waals surface area contributed by atoms with Crippen LogP contribution in [0.5, 0.6) is 0 Å². The van der Waals surface area contributed by atoms with Crippen LogP contribution < -0.4 is 10.6 Å². The van der Waals surface area contributed by atoms with Crippen molar-refractivity contribution in [2.24, 2.45) is 0 Å². The Bertz CT molecular complexity index is 540. The van der Waals surface area contributed by atoms with Crippen molar-refractivity contribution >= 4 is 17.3 Å². The Morgan fingerprint density at radius 2 is 1.80 bits per heavy atom. The third-order valence-electron chi connectivity index (χ3n) is 3.38. The fourth-order valence-electron chi connectivity index (χ4n) is 2.06. The Labute approximate surface area is 126 Å². The molecule has 0 aliphatic heterocycles. The van der Waals surface area contributed by atoms with E-state index in [4.69, 9.17) is 11.6 Å². The summed E-state index contributed by atoms with van der Waals surface area (Å²) in [6, 6.07) is 16.9. The van der Waals surface area contributed by atoms with Gasteiger partial charge < -0.3 is 10.6 Å². The maximum atomic E-state index is 6.10. The van der Waals surface area contributed by atoms with Crippen molar-refractivity contribution in [1.29, 1.82) is 0 Å². The standard InChI is InChI=1S/C17H21ClN2/c1-13-8-9-16(12-17(13)18)20-11-10-19-14(2)15-6-4-3-5-7-15/h3-9,12,14,19-20H,10-11H2,1-2H3. The first-order valence-electron chi connectivity index (χ1n) is 6.95. The lowest BCUT2D eigenvalue weighted by Crippen LogP contribution is -2.25. The summed E-state index contributed by atoms with van der Waals surface area (Å²) in [6.45, 7) is 5.96. The van der Waals surface area contributed by atoms with E-state index in [9.17, 15) is 0 Å². The number of nitrogens with one attached hydrogen (secondary N) is 2. The smallest absolute Gasteiger partial charge is 0.0455 e. The van der Waals surface area contributed by atoms with Crippen molar-refractivity contribution in [3.8, 4) is 0 Å². The van der Waals surface area contributed by atoms with Gasteiger partial charge in [-0.2, -0.15) is 0 Å². The molecule has 0 heterocycles. The van der Waals surface area contributed by atoms with Crippen LogP contribution >= 0.6 is 11.6 Å². The second kappa shape index (κ2) is 7.32. The van der Waals surface area contributed by atoms with E-state index in [1.807, 2.05) is 25.1 Å². The minimum Gasteiger partial charge on any atom is -0.384 e. The Morgan fingerprint density at radius 1 is 1.05 bits per heavy atom. The molecule has 0 aliphatic carbocycles. The number of hydrogen-bond acceptors (Lipinski definition) is 2. The van der Waals surface area contributed by atoms with Crippen LogP contribution in [-0.2, 0) is 0 Å². The molecule has 20 heavy (non-hydrogen) atoms. The number of benzene rings is 2. The lowest BCUT2D eigenvalue weighted by molar-refractivity contribution is 0.588. The summed E-state index contributed by atoms with van der Waals surface area (Å²) in [6.07, 6.45) is 0. The summed E-state index contributed by atoms with van der Waals surface area (Å²) >= 11 is 6.10. The maximum Gasteiger partial charge on any atom is 0.0455 e. The summed E-state index contributed by atoms with van der Waals surface area (Å²) in [4.78, 5) is 0. The molecule has 106 valence electrons.